The minimum atomic E-state index is -3.54. The molecule has 0 fully saturated rings. The zero-order valence-electron chi connectivity index (χ0n) is 11.2. The van der Waals surface area contributed by atoms with E-state index in [-0.39, 0.29) is 17.4 Å². The Morgan fingerprint density at radius 3 is 2.80 bits per heavy atom. The van der Waals surface area contributed by atoms with Gasteiger partial charge in [-0.05, 0) is 18.6 Å². The first-order valence-electron chi connectivity index (χ1n) is 5.96. The molecule has 9 heteroatoms. The van der Waals surface area contributed by atoms with Crippen molar-refractivity contribution < 1.29 is 13.5 Å². The third-order valence-corrected chi connectivity index (χ3v) is 6.01. The van der Waals surface area contributed by atoms with Gasteiger partial charge in [0.15, 0.2) is 0 Å². The molecule has 0 aromatic carbocycles. The van der Waals surface area contributed by atoms with Crippen LogP contribution in [0.25, 0.3) is 0 Å². The number of aliphatic hydroxyl groups excluding tert-OH is 1. The Morgan fingerprint density at radius 2 is 2.25 bits per heavy atom. The topological polar surface area (TPSA) is 97.1 Å². The first-order chi connectivity index (χ1) is 9.44. The average molecular weight is 316 g/mol. The second kappa shape index (κ2) is 6.00. The molecule has 20 heavy (non-hydrogen) atoms. The highest BCUT2D eigenvalue weighted by atomic mass is 32.2. The van der Waals surface area contributed by atoms with E-state index in [1.54, 1.807) is 30.9 Å². The van der Waals surface area contributed by atoms with Crippen LogP contribution in [-0.2, 0) is 30.1 Å². The van der Waals surface area contributed by atoms with Gasteiger partial charge in [-0.3, -0.25) is 0 Å². The third kappa shape index (κ3) is 3.23. The molecule has 0 aliphatic heterocycles. The number of sulfonamides is 1. The zero-order chi connectivity index (χ0) is 14.8. The number of hydrogen-bond donors (Lipinski definition) is 2. The smallest absolute Gasteiger partial charge is 0.250 e. The Kier molecular flexibility index (Phi) is 4.53. The van der Waals surface area contributed by atoms with Crippen LogP contribution in [0.4, 0.5) is 0 Å². The number of hydrogen-bond acceptors (Lipinski definition) is 6. The molecule has 0 saturated carbocycles. The summed E-state index contributed by atoms with van der Waals surface area (Å²) in [6.45, 7) is 1.88. The monoisotopic (exact) mass is 316 g/mol. The van der Waals surface area contributed by atoms with Crippen molar-refractivity contribution in [3.8, 4) is 0 Å². The molecule has 0 bridgehead atoms. The van der Waals surface area contributed by atoms with E-state index in [4.69, 9.17) is 5.11 Å². The van der Waals surface area contributed by atoms with Gasteiger partial charge in [-0.25, -0.2) is 13.1 Å². The van der Waals surface area contributed by atoms with Crippen molar-refractivity contribution in [1.82, 2.24) is 19.5 Å². The van der Waals surface area contributed by atoms with E-state index in [0.717, 1.165) is 16.9 Å². The summed E-state index contributed by atoms with van der Waals surface area (Å²) in [7, 11) is -1.73. The van der Waals surface area contributed by atoms with Crippen LogP contribution in [0.1, 0.15) is 16.3 Å². The highest BCUT2D eigenvalue weighted by Crippen LogP contribution is 2.25. The summed E-state index contributed by atoms with van der Waals surface area (Å²) in [6.07, 6.45) is 2.03. The molecule has 0 saturated heterocycles. The van der Waals surface area contributed by atoms with Crippen molar-refractivity contribution in [2.75, 3.05) is 6.54 Å². The van der Waals surface area contributed by atoms with Crippen molar-refractivity contribution in [2.45, 2.75) is 24.2 Å². The molecule has 0 unspecified atom stereocenters. The van der Waals surface area contributed by atoms with E-state index in [1.165, 1.54) is 0 Å². The van der Waals surface area contributed by atoms with Gasteiger partial charge >= 0.3 is 0 Å². The van der Waals surface area contributed by atoms with E-state index >= 15 is 0 Å². The molecule has 0 spiro atoms. The molecule has 0 aliphatic carbocycles. The third-order valence-electron chi connectivity index (χ3n) is 2.85. The zero-order valence-corrected chi connectivity index (χ0v) is 12.8. The van der Waals surface area contributed by atoms with Gasteiger partial charge in [0, 0.05) is 24.9 Å². The normalized spacial score (nSPS) is 11.9. The van der Waals surface area contributed by atoms with Gasteiger partial charge in [0.05, 0.1) is 6.61 Å². The van der Waals surface area contributed by atoms with Crippen LogP contribution < -0.4 is 4.72 Å². The lowest BCUT2D eigenvalue weighted by Crippen LogP contribution is -2.26. The quantitative estimate of drug-likeness (QED) is 0.793. The molecule has 2 heterocycles. The minimum absolute atomic E-state index is 0.148. The van der Waals surface area contributed by atoms with E-state index in [2.05, 4.69) is 14.9 Å². The average Bonchev–Trinajstić information content (AvgIpc) is 2.96. The standard InChI is InChI=1S/C11H16N4O3S2/c1-8-5-11(19-9(8)6-16)20(17,18)13-4-3-10-14-12-7-15(10)2/h5,7,13,16H,3-4,6H2,1-2H3. The van der Waals surface area contributed by atoms with E-state index in [9.17, 15) is 8.42 Å². The van der Waals surface area contributed by atoms with Crippen molar-refractivity contribution >= 4 is 21.4 Å². The summed E-state index contributed by atoms with van der Waals surface area (Å²) in [5.74, 6) is 0.714. The fourth-order valence-electron chi connectivity index (χ4n) is 1.68. The van der Waals surface area contributed by atoms with Gasteiger partial charge in [-0.15, -0.1) is 21.5 Å². The summed E-state index contributed by atoms with van der Waals surface area (Å²) in [5, 5.41) is 16.7. The molecule has 0 radical (unpaired) electrons. The molecule has 2 aromatic heterocycles. The molecular weight excluding hydrogens is 300 g/mol. The van der Waals surface area contributed by atoms with Crippen LogP contribution in [0, 0.1) is 6.92 Å². The summed E-state index contributed by atoms with van der Waals surface area (Å²) < 4.78 is 28.7. The molecule has 0 amide bonds. The van der Waals surface area contributed by atoms with Crippen molar-refractivity contribution in [2.24, 2.45) is 7.05 Å². The van der Waals surface area contributed by atoms with E-state index in [0.29, 0.717) is 17.1 Å². The lowest BCUT2D eigenvalue weighted by atomic mass is 10.3. The number of aliphatic hydroxyl groups is 1. The molecule has 110 valence electrons. The maximum Gasteiger partial charge on any atom is 0.250 e. The largest absolute Gasteiger partial charge is 0.391 e. The predicted molar refractivity (Wildman–Crippen MR) is 74.9 cm³/mol. The van der Waals surface area contributed by atoms with Gasteiger partial charge in [-0.2, -0.15) is 0 Å². The second-order valence-electron chi connectivity index (χ2n) is 4.34. The summed E-state index contributed by atoms with van der Waals surface area (Å²) >= 11 is 1.08. The number of rotatable bonds is 6. The maximum atomic E-state index is 12.1. The number of nitrogens with zero attached hydrogens (tertiary/aromatic N) is 3. The van der Waals surface area contributed by atoms with Crippen LogP contribution in [0.5, 0.6) is 0 Å². The Labute approximate surface area is 121 Å². The molecule has 7 nitrogen and oxygen atoms in total. The Bertz CT molecular complexity index is 690. The highest BCUT2D eigenvalue weighted by molar-refractivity contribution is 7.91. The molecule has 0 atom stereocenters. The van der Waals surface area contributed by atoms with Crippen molar-refractivity contribution in [3.63, 3.8) is 0 Å². The maximum absolute atomic E-state index is 12.1. The number of thiophene rings is 1. The van der Waals surface area contributed by atoms with Gasteiger partial charge in [0.1, 0.15) is 16.4 Å². The van der Waals surface area contributed by atoms with Gasteiger partial charge < -0.3 is 9.67 Å². The van der Waals surface area contributed by atoms with Gasteiger partial charge in [0.25, 0.3) is 0 Å². The summed E-state index contributed by atoms with van der Waals surface area (Å²) in [5.41, 5.74) is 0.783. The minimum Gasteiger partial charge on any atom is -0.391 e. The van der Waals surface area contributed by atoms with Crippen LogP contribution in [0.3, 0.4) is 0 Å². The van der Waals surface area contributed by atoms with E-state index in [1.807, 2.05) is 0 Å². The van der Waals surface area contributed by atoms with Gasteiger partial charge in [-0.1, -0.05) is 0 Å². The Balaban J connectivity index is 2.02. The first-order valence-corrected chi connectivity index (χ1v) is 8.26. The lowest BCUT2D eigenvalue weighted by Gasteiger charge is -2.04. The van der Waals surface area contributed by atoms with Crippen molar-refractivity contribution in [3.05, 3.63) is 28.7 Å². The van der Waals surface area contributed by atoms with Crippen LogP contribution >= 0.6 is 11.3 Å². The predicted octanol–water partition coefficient (Wildman–Crippen LogP) is 0.198. The summed E-state index contributed by atoms with van der Waals surface area (Å²) in [6, 6.07) is 1.57. The molecule has 2 aromatic rings. The first kappa shape index (κ1) is 15.1. The highest BCUT2D eigenvalue weighted by Gasteiger charge is 2.18. The van der Waals surface area contributed by atoms with Crippen LogP contribution in [0.2, 0.25) is 0 Å². The molecule has 2 rings (SSSR count). The van der Waals surface area contributed by atoms with Gasteiger partial charge in [0.2, 0.25) is 10.0 Å². The number of aryl methyl sites for hydroxylation is 2. The second-order valence-corrected chi connectivity index (χ2v) is 7.47. The van der Waals surface area contributed by atoms with Crippen molar-refractivity contribution in [1.29, 1.82) is 0 Å². The Morgan fingerprint density at radius 1 is 1.50 bits per heavy atom. The van der Waals surface area contributed by atoms with Crippen LogP contribution in [-0.4, -0.2) is 34.8 Å². The lowest BCUT2D eigenvalue weighted by molar-refractivity contribution is 0.285. The number of nitrogens with one attached hydrogen (secondary N) is 1. The molecule has 0 aliphatic rings. The fourth-order valence-corrected chi connectivity index (χ4v) is 4.21. The number of aromatic nitrogens is 3. The van der Waals surface area contributed by atoms with Crippen LogP contribution in [0.15, 0.2) is 16.6 Å². The summed E-state index contributed by atoms with van der Waals surface area (Å²) in [4.78, 5) is 0.665. The fraction of sp³-hybridized carbons (Fsp3) is 0.455. The Hall–Kier alpha value is -1.29. The molecule has 2 N–H and O–H groups in total. The SMILES string of the molecule is Cc1cc(S(=O)(=O)NCCc2nncn2C)sc1CO. The van der Waals surface area contributed by atoms with E-state index < -0.39 is 10.0 Å². The molecular formula is C11H16N4O3S2.